The average molecular weight is 303 g/mol. The molecule has 0 amide bonds. The van der Waals surface area contributed by atoms with Crippen LogP contribution in [0.3, 0.4) is 0 Å². The molecule has 0 heteroatoms. The Hall–Kier alpha value is -0.880. The lowest BCUT2D eigenvalue weighted by molar-refractivity contribution is 0.431. The lowest BCUT2D eigenvalue weighted by Crippen LogP contribution is -1.95. The number of hydrogen-bond acceptors (Lipinski definition) is 0. The van der Waals surface area contributed by atoms with Crippen molar-refractivity contribution in [3.63, 3.8) is 0 Å². The van der Waals surface area contributed by atoms with Gasteiger partial charge in [-0.3, -0.25) is 0 Å². The first-order valence-electron chi connectivity index (χ1n) is 9.68. The molecule has 0 saturated carbocycles. The summed E-state index contributed by atoms with van der Waals surface area (Å²) in [6.45, 7) is 2.43. The van der Waals surface area contributed by atoms with Crippen LogP contribution in [0.5, 0.6) is 0 Å². The van der Waals surface area contributed by atoms with Crippen LogP contribution in [0.4, 0.5) is 0 Å². The Morgan fingerprint density at radius 1 is 0.545 bits per heavy atom. The summed E-state index contributed by atoms with van der Waals surface area (Å²) in [6, 6.07) is 0. The molecular weight excluding hydrogens is 264 g/mol. The van der Waals surface area contributed by atoms with Gasteiger partial charge in [-0.2, -0.15) is 0 Å². The smallest absolute Gasteiger partial charge is 0.00860 e. The second-order valence-electron chi connectivity index (χ2n) is 6.83. The molecule has 0 saturated heterocycles. The van der Waals surface area contributed by atoms with Crippen LogP contribution in [0, 0.1) is 30.6 Å². The lowest BCUT2D eigenvalue weighted by Gasteiger charge is -2.11. The molecule has 0 unspecified atom stereocenters. The topological polar surface area (TPSA) is 0 Å². The van der Waals surface area contributed by atoms with Crippen LogP contribution in [-0.4, -0.2) is 0 Å². The largest absolute Gasteiger partial charge is 0.120 e. The van der Waals surface area contributed by atoms with Crippen LogP contribution >= 0.6 is 0 Å². The van der Waals surface area contributed by atoms with E-state index in [2.05, 4.69) is 18.8 Å². The quantitative estimate of drug-likeness (QED) is 0.210. The van der Waals surface area contributed by atoms with Crippen molar-refractivity contribution in [1.29, 1.82) is 0 Å². The highest BCUT2D eigenvalue weighted by molar-refractivity contribution is 4.83. The van der Waals surface area contributed by atoms with Gasteiger partial charge in [-0.15, -0.1) is 24.7 Å². The van der Waals surface area contributed by atoms with E-state index in [4.69, 9.17) is 12.8 Å². The van der Waals surface area contributed by atoms with E-state index < -0.39 is 0 Å². The van der Waals surface area contributed by atoms with Crippen molar-refractivity contribution in [3.05, 3.63) is 0 Å². The molecule has 0 atom stereocenters. The maximum atomic E-state index is 5.25. The van der Waals surface area contributed by atoms with Crippen molar-refractivity contribution >= 4 is 0 Å². The summed E-state index contributed by atoms with van der Waals surface area (Å²) in [5, 5.41) is 0. The zero-order valence-electron chi connectivity index (χ0n) is 15.0. The molecule has 0 nitrogen and oxygen atoms in total. The summed E-state index contributed by atoms with van der Waals surface area (Å²) in [5.41, 5.74) is 0. The minimum absolute atomic E-state index is 0.919. The maximum Gasteiger partial charge on any atom is 0.00860 e. The maximum absolute atomic E-state index is 5.25. The van der Waals surface area contributed by atoms with Gasteiger partial charge in [-0.25, -0.2) is 0 Å². The van der Waals surface area contributed by atoms with Crippen LogP contribution in [0.2, 0.25) is 0 Å². The SMILES string of the molecule is C#CCCCCCCCCC(C)CCCCCCCCC#C. The molecule has 22 heavy (non-hydrogen) atoms. The predicted molar refractivity (Wildman–Crippen MR) is 101 cm³/mol. The molecule has 0 radical (unpaired) electrons. The van der Waals surface area contributed by atoms with Crippen molar-refractivity contribution in [3.8, 4) is 24.7 Å². The van der Waals surface area contributed by atoms with E-state index in [1.54, 1.807) is 0 Å². The predicted octanol–water partition coefficient (Wildman–Crippen LogP) is 7.13. The molecule has 0 aromatic carbocycles. The van der Waals surface area contributed by atoms with Crippen molar-refractivity contribution in [2.45, 2.75) is 110 Å². The van der Waals surface area contributed by atoms with Gasteiger partial charge in [-0.1, -0.05) is 84.0 Å². The second-order valence-corrected chi connectivity index (χ2v) is 6.83. The molecule has 0 aliphatic carbocycles. The minimum Gasteiger partial charge on any atom is -0.120 e. The molecule has 0 bridgehead atoms. The van der Waals surface area contributed by atoms with Crippen molar-refractivity contribution in [1.82, 2.24) is 0 Å². The van der Waals surface area contributed by atoms with Gasteiger partial charge in [0.1, 0.15) is 0 Å². The molecule has 126 valence electrons. The van der Waals surface area contributed by atoms with E-state index in [1.807, 2.05) is 0 Å². The van der Waals surface area contributed by atoms with Gasteiger partial charge in [0, 0.05) is 12.8 Å². The Morgan fingerprint density at radius 2 is 0.864 bits per heavy atom. The third kappa shape index (κ3) is 17.2. The van der Waals surface area contributed by atoms with Crippen molar-refractivity contribution in [2.75, 3.05) is 0 Å². The Balaban J connectivity index is 3.15. The lowest BCUT2D eigenvalue weighted by atomic mass is 9.96. The Morgan fingerprint density at radius 3 is 1.23 bits per heavy atom. The zero-order valence-corrected chi connectivity index (χ0v) is 15.0. The fourth-order valence-electron chi connectivity index (χ4n) is 3.00. The molecule has 0 aromatic heterocycles. The average Bonchev–Trinajstić information content (AvgIpc) is 2.52. The van der Waals surface area contributed by atoms with Gasteiger partial charge in [0.2, 0.25) is 0 Å². The third-order valence-corrected chi connectivity index (χ3v) is 4.54. The highest BCUT2D eigenvalue weighted by Gasteiger charge is 2.02. The normalized spacial score (nSPS) is 10.5. The molecule has 0 aliphatic heterocycles. The molecular formula is C22H38. The van der Waals surface area contributed by atoms with Crippen LogP contribution in [0.15, 0.2) is 0 Å². The highest BCUT2D eigenvalue weighted by Crippen LogP contribution is 2.18. The summed E-state index contributed by atoms with van der Waals surface area (Å²) >= 11 is 0. The molecule has 0 spiro atoms. The first kappa shape index (κ1) is 21.1. The molecule has 0 N–H and O–H groups in total. The Labute approximate surface area is 140 Å². The third-order valence-electron chi connectivity index (χ3n) is 4.54. The standard InChI is InChI=1S/C22H38/c1-4-6-8-10-12-14-16-18-20-22(3)21-19-17-15-13-11-9-7-5-2/h1-2,22H,6-21H2,3H3. The summed E-state index contributed by atoms with van der Waals surface area (Å²) < 4.78 is 0. The monoisotopic (exact) mass is 302 g/mol. The number of rotatable bonds is 16. The summed E-state index contributed by atoms with van der Waals surface area (Å²) in [7, 11) is 0. The van der Waals surface area contributed by atoms with E-state index in [0.29, 0.717) is 0 Å². The molecule has 0 heterocycles. The van der Waals surface area contributed by atoms with E-state index in [9.17, 15) is 0 Å². The van der Waals surface area contributed by atoms with Crippen LogP contribution < -0.4 is 0 Å². The molecule has 0 aliphatic rings. The number of hydrogen-bond donors (Lipinski definition) is 0. The van der Waals surface area contributed by atoms with Crippen LogP contribution in [0.1, 0.15) is 110 Å². The van der Waals surface area contributed by atoms with Gasteiger partial charge in [-0.05, 0) is 18.8 Å². The first-order valence-corrected chi connectivity index (χ1v) is 9.68. The summed E-state index contributed by atoms with van der Waals surface area (Å²) in [5.74, 6) is 6.36. The van der Waals surface area contributed by atoms with Crippen molar-refractivity contribution < 1.29 is 0 Å². The zero-order chi connectivity index (χ0) is 16.3. The Bertz CT molecular complexity index is 258. The summed E-state index contributed by atoms with van der Waals surface area (Å²) in [4.78, 5) is 0. The second kappa shape index (κ2) is 18.2. The van der Waals surface area contributed by atoms with E-state index >= 15 is 0 Å². The number of unbranched alkanes of at least 4 members (excludes halogenated alkanes) is 12. The number of terminal acetylenes is 2. The summed E-state index contributed by atoms with van der Waals surface area (Å²) in [6.07, 6.45) is 31.5. The van der Waals surface area contributed by atoms with Gasteiger partial charge in [0.15, 0.2) is 0 Å². The van der Waals surface area contributed by atoms with Gasteiger partial charge >= 0.3 is 0 Å². The molecule has 0 rings (SSSR count). The highest BCUT2D eigenvalue weighted by atomic mass is 14.1. The van der Waals surface area contributed by atoms with Gasteiger partial charge in [0.05, 0.1) is 0 Å². The van der Waals surface area contributed by atoms with E-state index in [1.165, 1.54) is 89.9 Å². The van der Waals surface area contributed by atoms with E-state index in [0.717, 1.165) is 18.8 Å². The fourth-order valence-corrected chi connectivity index (χ4v) is 3.00. The first-order chi connectivity index (χ1) is 10.8. The molecule has 0 fully saturated rings. The molecule has 0 aromatic rings. The van der Waals surface area contributed by atoms with Crippen molar-refractivity contribution in [2.24, 2.45) is 5.92 Å². The van der Waals surface area contributed by atoms with Gasteiger partial charge < -0.3 is 0 Å². The van der Waals surface area contributed by atoms with Gasteiger partial charge in [0.25, 0.3) is 0 Å². The minimum atomic E-state index is 0.919. The fraction of sp³-hybridized carbons (Fsp3) is 0.818. The van der Waals surface area contributed by atoms with Crippen LogP contribution in [0.25, 0.3) is 0 Å². The van der Waals surface area contributed by atoms with E-state index in [-0.39, 0.29) is 0 Å². The Kier molecular flexibility index (Phi) is 17.4. The van der Waals surface area contributed by atoms with Crippen LogP contribution in [-0.2, 0) is 0 Å².